The molecule has 92 valence electrons. The maximum Gasteiger partial charge on any atom is 0.337 e. The van der Waals surface area contributed by atoms with Crippen molar-refractivity contribution in [3.63, 3.8) is 0 Å². The van der Waals surface area contributed by atoms with Gasteiger partial charge in [-0.2, -0.15) is 5.10 Å². The Bertz CT molecular complexity index is 617. The highest BCUT2D eigenvalue weighted by molar-refractivity contribution is 9.10. The summed E-state index contributed by atoms with van der Waals surface area (Å²) in [5.41, 5.74) is 1.89. The van der Waals surface area contributed by atoms with E-state index in [4.69, 9.17) is 0 Å². The number of carboxylic acid groups (broad SMARTS) is 1. The lowest BCUT2D eigenvalue weighted by Gasteiger charge is -2.06. The van der Waals surface area contributed by atoms with Crippen LogP contribution in [0.2, 0.25) is 0 Å². The molecule has 0 aliphatic heterocycles. The zero-order valence-electron chi connectivity index (χ0n) is 9.51. The van der Waals surface area contributed by atoms with Crippen LogP contribution >= 0.6 is 15.9 Å². The van der Waals surface area contributed by atoms with Gasteiger partial charge >= 0.3 is 5.97 Å². The summed E-state index contributed by atoms with van der Waals surface area (Å²) in [6, 6.07) is 7.04. The van der Waals surface area contributed by atoms with Crippen LogP contribution in [-0.2, 0) is 0 Å². The summed E-state index contributed by atoms with van der Waals surface area (Å²) >= 11 is 3.36. The van der Waals surface area contributed by atoms with Gasteiger partial charge in [0, 0.05) is 16.6 Å². The van der Waals surface area contributed by atoms with Crippen molar-refractivity contribution in [1.82, 2.24) is 9.78 Å². The second-order valence-corrected chi connectivity index (χ2v) is 5.34. The van der Waals surface area contributed by atoms with Crippen LogP contribution < -0.4 is 0 Å². The Kier molecular flexibility index (Phi) is 2.70. The van der Waals surface area contributed by atoms with Crippen molar-refractivity contribution >= 4 is 21.9 Å². The van der Waals surface area contributed by atoms with Gasteiger partial charge in [0.25, 0.3) is 0 Å². The summed E-state index contributed by atoms with van der Waals surface area (Å²) in [6.45, 7) is 0. The first-order valence-electron chi connectivity index (χ1n) is 5.74. The summed E-state index contributed by atoms with van der Waals surface area (Å²) in [6.07, 6.45) is 4.18. The van der Waals surface area contributed by atoms with Gasteiger partial charge in [-0.25, -0.2) is 9.48 Å². The van der Waals surface area contributed by atoms with E-state index in [9.17, 15) is 9.90 Å². The standard InChI is InChI=1S/C13H11BrN2O2/c14-9-3-4-10(13(17)18)12(7-9)16-6-5-11(15-16)8-1-2-8/h3-8H,1-2H2,(H,17,18). The molecule has 1 saturated carbocycles. The molecule has 1 aromatic heterocycles. The molecule has 3 rings (SSSR count). The molecule has 1 aromatic carbocycles. The smallest absolute Gasteiger partial charge is 0.337 e. The van der Waals surface area contributed by atoms with E-state index in [0.717, 1.165) is 10.2 Å². The number of hydrogen-bond acceptors (Lipinski definition) is 2. The van der Waals surface area contributed by atoms with Crippen molar-refractivity contribution < 1.29 is 9.90 Å². The van der Waals surface area contributed by atoms with Gasteiger partial charge in [0.15, 0.2) is 0 Å². The van der Waals surface area contributed by atoms with Crippen molar-refractivity contribution in [2.45, 2.75) is 18.8 Å². The lowest BCUT2D eigenvalue weighted by atomic mass is 10.2. The summed E-state index contributed by atoms with van der Waals surface area (Å²) in [4.78, 5) is 11.2. The molecule has 0 amide bonds. The molecule has 1 N–H and O–H groups in total. The SMILES string of the molecule is O=C(O)c1ccc(Br)cc1-n1ccc(C2CC2)n1. The number of rotatable bonds is 3. The number of carbonyl (C=O) groups is 1. The van der Waals surface area contributed by atoms with Crippen LogP contribution in [-0.4, -0.2) is 20.9 Å². The lowest BCUT2D eigenvalue weighted by molar-refractivity contribution is 0.0696. The van der Waals surface area contributed by atoms with E-state index in [-0.39, 0.29) is 5.56 Å². The lowest BCUT2D eigenvalue weighted by Crippen LogP contribution is -2.06. The molecule has 1 fully saturated rings. The number of aromatic nitrogens is 2. The molecule has 0 saturated heterocycles. The highest BCUT2D eigenvalue weighted by Gasteiger charge is 2.26. The fourth-order valence-corrected chi connectivity index (χ4v) is 2.29. The van der Waals surface area contributed by atoms with E-state index in [2.05, 4.69) is 21.0 Å². The Balaban J connectivity index is 2.07. The van der Waals surface area contributed by atoms with Crippen molar-refractivity contribution in [2.75, 3.05) is 0 Å². The Morgan fingerprint density at radius 3 is 2.83 bits per heavy atom. The van der Waals surface area contributed by atoms with Gasteiger partial charge < -0.3 is 5.11 Å². The van der Waals surface area contributed by atoms with Gasteiger partial charge in [-0.3, -0.25) is 0 Å². The normalized spacial score (nSPS) is 14.7. The fraction of sp³-hybridized carbons (Fsp3) is 0.231. The van der Waals surface area contributed by atoms with Gasteiger partial charge in [-0.15, -0.1) is 0 Å². The zero-order valence-corrected chi connectivity index (χ0v) is 11.1. The van der Waals surface area contributed by atoms with E-state index >= 15 is 0 Å². The highest BCUT2D eigenvalue weighted by Crippen LogP contribution is 2.39. The molecule has 0 atom stereocenters. The molecule has 1 aliphatic rings. The number of benzene rings is 1. The van der Waals surface area contributed by atoms with Crippen molar-refractivity contribution in [3.8, 4) is 5.69 Å². The maximum absolute atomic E-state index is 11.2. The Hall–Kier alpha value is -1.62. The summed E-state index contributed by atoms with van der Waals surface area (Å²) in [5, 5.41) is 13.6. The summed E-state index contributed by atoms with van der Waals surface area (Å²) in [5.74, 6) is -0.382. The third-order valence-electron chi connectivity index (χ3n) is 3.04. The molecular weight excluding hydrogens is 296 g/mol. The van der Waals surface area contributed by atoms with Gasteiger partial charge in [0.05, 0.1) is 16.9 Å². The molecule has 0 bridgehead atoms. The molecule has 1 heterocycles. The zero-order chi connectivity index (χ0) is 12.7. The third kappa shape index (κ3) is 2.06. The average Bonchev–Trinajstić information content (AvgIpc) is 3.07. The Morgan fingerprint density at radius 1 is 1.39 bits per heavy atom. The Labute approximate surface area is 112 Å². The van der Waals surface area contributed by atoms with Crippen molar-refractivity contribution in [2.24, 2.45) is 0 Å². The van der Waals surface area contributed by atoms with Crippen LogP contribution in [0.5, 0.6) is 0 Å². The van der Waals surface area contributed by atoms with Crippen LogP contribution in [0.3, 0.4) is 0 Å². The van der Waals surface area contributed by atoms with E-state index in [1.54, 1.807) is 22.9 Å². The molecule has 0 unspecified atom stereocenters. The minimum absolute atomic E-state index is 0.253. The number of aromatic carboxylic acids is 1. The number of carboxylic acids is 1. The Morgan fingerprint density at radius 2 is 2.17 bits per heavy atom. The minimum Gasteiger partial charge on any atom is -0.478 e. The van der Waals surface area contributed by atoms with Crippen molar-refractivity contribution in [3.05, 3.63) is 46.2 Å². The third-order valence-corrected chi connectivity index (χ3v) is 3.54. The number of nitrogens with zero attached hydrogens (tertiary/aromatic N) is 2. The first kappa shape index (κ1) is 11.5. The minimum atomic E-state index is -0.944. The molecule has 0 spiro atoms. The van der Waals surface area contributed by atoms with Gasteiger partial charge in [0.1, 0.15) is 0 Å². The fourth-order valence-electron chi connectivity index (χ4n) is 1.94. The van der Waals surface area contributed by atoms with Crippen molar-refractivity contribution in [1.29, 1.82) is 0 Å². The maximum atomic E-state index is 11.2. The van der Waals surface area contributed by atoms with Crippen LogP contribution in [0.15, 0.2) is 34.9 Å². The molecule has 2 aromatic rings. The molecule has 0 radical (unpaired) electrons. The molecule has 18 heavy (non-hydrogen) atoms. The van der Waals surface area contributed by atoms with Crippen LogP contribution in [0.1, 0.15) is 34.8 Å². The quantitative estimate of drug-likeness (QED) is 0.947. The van der Waals surface area contributed by atoms with E-state index < -0.39 is 5.97 Å². The average molecular weight is 307 g/mol. The van der Waals surface area contributed by atoms with E-state index in [1.807, 2.05) is 12.3 Å². The second-order valence-electron chi connectivity index (χ2n) is 4.43. The number of hydrogen-bond donors (Lipinski definition) is 1. The largest absolute Gasteiger partial charge is 0.478 e. The summed E-state index contributed by atoms with van der Waals surface area (Å²) < 4.78 is 2.48. The van der Waals surface area contributed by atoms with Crippen LogP contribution in [0.4, 0.5) is 0 Å². The van der Waals surface area contributed by atoms with Gasteiger partial charge in [-0.05, 0) is 37.1 Å². The second kappa shape index (κ2) is 4.24. The summed E-state index contributed by atoms with van der Waals surface area (Å²) in [7, 11) is 0. The van der Waals surface area contributed by atoms with Crippen LogP contribution in [0.25, 0.3) is 5.69 Å². The molecular formula is C13H11BrN2O2. The molecule has 4 nitrogen and oxygen atoms in total. The molecule has 5 heteroatoms. The number of halogens is 1. The first-order chi connectivity index (χ1) is 8.65. The predicted octanol–water partition coefficient (Wildman–Crippen LogP) is 3.21. The van der Waals surface area contributed by atoms with Gasteiger partial charge in [0.2, 0.25) is 0 Å². The highest BCUT2D eigenvalue weighted by atomic mass is 79.9. The molecule has 1 aliphatic carbocycles. The topological polar surface area (TPSA) is 55.1 Å². The predicted molar refractivity (Wildman–Crippen MR) is 70.2 cm³/mol. The first-order valence-corrected chi connectivity index (χ1v) is 6.53. The van der Waals surface area contributed by atoms with Crippen LogP contribution in [0, 0.1) is 0 Å². The van der Waals surface area contributed by atoms with Gasteiger partial charge in [-0.1, -0.05) is 15.9 Å². The monoisotopic (exact) mass is 306 g/mol. The van der Waals surface area contributed by atoms with E-state index in [1.165, 1.54) is 12.8 Å². The van der Waals surface area contributed by atoms with E-state index in [0.29, 0.717) is 11.6 Å².